The van der Waals surface area contributed by atoms with Gasteiger partial charge in [0, 0.05) is 0 Å². The molecule has 2 unspecified atom stereocenters. The van der Waals surface area contributed by atoms with Crippen molar-refractivity contribution in [2.24, 2.45) is 5.92 Å². The predicted octanol–water partition coefficient (Wildman–Crippen LogP) is 4.22. The van der Waals surface area contributed by atoms with Gasteiger partial charge in [0.25, 0.3) is 0 Å². The van der Waals surface area contributed by atoms with Crippen LogP contribution in [0.5, 0.6) is 11.5 Å². The van der Waals surface area contributed by atoms with Crippen molar-refractivity contribution >= 4 is 0 Å². The highest BCUT2D eigenvalue weighted by atomic mass is 16.5. The van der Waals surface area contributed by atoms with Crippen molar-refractivity contribution in [3.8, 4) is 11.5 Å². The van der Waals surface area contributed by atoms with E-state index in [2.05, 4.69) is 31.2 Å². The summed E-state index contributed by atoms with van der Waals surface area (Å²) < 4.78 is 10.4. The molecular formula is C18H20O2. The molecule has 0 amide bonds. The first-order valence-electron chi connectivity index (χ1n) is 7.02. The molecule has 2 aromatic rings. The van der Waals surface area contributed by atoms with E-state index in [1.807, 2.05) is 24.3 Å². The minimum atomic E-state index is 0.620. The smallest absolute Gasteiger partial charge is 0.118 e. The SMILES string of the molecule is COc1ccc(C2C(C)C2c2ccc(OC)cc2)cc1. The Kier molecular flexibility index (Phi) is 3.39. The maximum absolute atomic E-state index is 5.22. The molecule has 1 aliphatic carbocycles. The van der Waals surface area contributed by atoms with Gasteiger partial charge in [-0.2, -0.15) is 0 Å². The Morgan fingerprint density at radius 1 is 0.650 bits per heavy atom. The highest BCUT2D eigenvalue weighted by molar-refractivity contribution is 5.42. The molecule has 0 radical (unpaired) electrons. The van der Waals surface area contributed by atoms with Crippen molar-refractivity contribution < 1.29 is 9.47 Å². The first-order valence-corrected chi connectivity index (χ1v) is 7.02. The van der Waals surface area contributed by atoms with E-state index in [1.54, 1.807) is 14.2 Å². The van der Waals surface area contributed by atoms with Gasteiger partial charge in [0.1, 0.15) is 11.5 Å². The zero-order chi connectivity index (χ0) is 14.1. The number of hydrogen-bond donors (Lipinski definition) is 0. The molecule has 1 saturated carbocycles. The molecule has 0 spiro atoms. The van der Waals surface area contributed by atoms with Gasteiger partial charge in [-0.3, -0.25) is 0 Å². The highest BCUT2D eigenvalue weighted by Crippen LogP contribution is 2.60. The normalized spacial score (nSPS) is 24.2. The van der Waals surface area contributed by atoms with E-state index >= 15 is 0 Å². The van der Waals surface area contributed by atoms with Gasteiger partial charge >= 0.3 is 0 Å². The van der Waals surface area contributed by atoms with Crippen molar-refractivity contribution in [1.82, 2.24) is 0 Å². The maximum Gasteiger partial charge on any atom is 0.118 e. The van der Waals surface area contributed by atoms with Gasteiger partial charge in [-0.25, -0.2) is 0 Å². The second-order valence-electron chi connectivity index (χ2n) is 5.46. The third-order valence-corrected chi connectivity index (χ3v) is 4.38. The van der Waals surface area contributed by atoms with E-state index in [1.165, 1.54) is 11.1 Å². The predicted molar refractivity (Wildman–Crippen MR) is 80.6 cm³/mol. The summed E-state index contributed by atoms with van der Waals surface area (Å²) in [6.07, 6.45) is 0. The Hall–Kier alpha value is -1.96. The Labute approximate surface area is 120 Å². The van der Waals surface area contributed by atoms with E-state index in [0.29, 0.717) is 17.8 Å². The number of rotatable bonds is 4. The average molecular weight is 268 g/mol. The maximum atomic E-state index is 5.22. The van der Waals surface area contributed by atoms with Gasteiger partial charge in [-0.1, -0.05) is 31.2 Å². The van der Waals surface area contributed by atoms with Crippen molar-refractivity contribution in [1.29, 1.82) is 0 Å². The lowest BCUT2D eigenvalue weighted by molar-refractivity contribution is 0.414. The summed E-state index contributed by atoms with van der Waals surface area (Å²) in [6, 6.07) is 16.9. The van der Waals surface area contributed by atoms with E-state index in [4.69, 9.17) is 9.47 Å². The molecule has 2 atom stereocenters. The standard InChI is InChI=1S/C18H20O2/c1-12-17(13-4-8-15(19-2)9-5-13)18(12)14-6-10-16(20-3)11-7-14/h4-12,17-18H,1-3H3. The fourth-order valence-corrected chi connectivity index (χ4v) is 3.14. The fraction of sp³-hybridized carbons (Fsp3) is 0.333. The van der Waals surface area contributed by atoms with Crippen LogP contribution in [-0.4, -0.2) is 14.2 Å². The van der Waals surface area contributed by atoms with Crippen molar-refractivity contribution in [2.45, 2.75) is 18.8 Å². The molecule has 0 saturated heterocycles. The Morgan fingerprint density at radius 3 is 1.30 bits per heavy atom. The summed E-state index contributed by atoms with van der Waals surface area (Å²) in [5, 5.41) is 0. The van der Waals surface area contributed by atoms with Crippen LogP contribution in [-0.2, 0) is 0 Å². The summed E-state index contributed by atoms with van der Waals surface area (Å²) in [7, 11) is 3.41. The number of hydrogen-bond acceptors (Lipinski definition) is 2. The Morgan fingerprint density at radius 2 is 1.00 bits per heavy atom. The summed E-state index contributed by atoms with van der Waals surface area (Å²) in [6.45, 7) is 2.32. The first kappa shape index (κ1) is 13.0. The first-order chi connectivity index (χ1) is 9.74. The zero-order valence-corrected chi connectivity index (χ0v) is 12.2. The molecule has 0 aromatic heterocycles. The molecule has 0 N–H and O–H groups in total. The Bertz CT molecular complexity index is 518. The van der Waals surface area contributed by atoms with Crippen LogP contribution in [0.2, 0.25) is 0 Å². The van der Waals surface area contributed by atoms with Crippen LogP contribution in [0.25, 0.3) is 0 Å². The molecule has 0 aliphatic heterocycles. The number of ether oxygens (including phenoxy) is 2. The lowest BCUT2D eigenvalue weighted by atomic mass is 10.0. The molecule has 0 heterocycles. The van der Waals surface area contributed by atoms with Crippen LogP contribution >= 0.6 is 0 Å². The quantitative estimate of drug-likeness (QED) is 0.826. The van der Waals surface area contributed by atoms with Crippen LogP contribution in [0.15, 0.2) is 48.5 Å². The van der Waals surface area contributed by atoms with Gasteiger partial charge in [0.05, 0.1) is 14.2 Å². The summed E-state index contributed by atoms with van der Waals surface area (Å²) >= 11 is 0. The second-order valence-corrected chi connectivity index (χ2v) is 5.46. The van der Waals surface area contributed by atoms with Gasteiger partial charge < -0.3 is 9.47 Å². The molecule has 3 rings (SSSR count). The third-order valence-electron chi connectivity index (χ3n) is 4.38. The largest absolute Gasteiger partial charge is 0.497 e. The molecule has 2 aromatic carbocycles. The summed E-state index contributed by atoms with van der Waals surface area (Å²) in [5.74, 6) is 3.77. The van der Waals surface area contributed by atoms with Gasteiger partial charge in [0.15, 0.2) is 0 Å². The summed E-state index contributed by atoms with van der Waals surface area (Å²) in [4.78, 5) is 0. The van der Waals surface area contributed by atoms with Gasteiger partial charge in [-0.15, -0.1) is 0 Å². The van der Waals surface area contributed by atoms with Crippen molar-refractivity contribution in [3.63, 3.8) is 0 Å². The highest BCUT2D eigenvalue weighted by Gasteiger charge is 2.48. The molecule has 1 aliphatic rings. The zero-order valence-electron chi connectivity index (χ0n) is 12.2. The van der Waals surface area contributed by atoms with Crippen LogP contribution in [0.1, 0.15) is 29.9 Å². The summed E-state index contributed by atoms with van der Waals surface area (Å²) in [5.41, 5.74) is 2.80. The van der Waals surface area contributed by atoms with Crippen molar-refractivity contribution in [3.05, 3.63) is 59.7 Å². The van der Waals surface area contributed by atoms with Crippen LogP contribution in [0.3, 0.4) is 0 Å². The van der Waals surface area contributed by atoms with Crippen molar-refractivity contribution in [2.75, 3.05) is 14.2 Å². The lowest BCUT2D eigenvalue weighted by Crippen LogP contribution is -1.87. The monoisotopic (exact) mass is 268 g/mol. The van der Waals surface area contributed by atoms with E-state index in [-0.39, 0.29) is 0 Å². The van der Waals surface area contributed by atoms with Gasteiger partial charge in [-0.05, 0) is 53.1 Å². The topological polar surface area (TPSA) is 18.5 Å². The van der Waals surface area contributed by atoms with E-state index in [9.17, 15) is 0 Å². The molecule has 20 heavy (non-hydrogen) atoms. The number of methoxy groups -OCH3 is 2. The van der Waals surface area contributed by atoms with Crippen LogP contribution in [0, 0.1) is 5.92 Å². The van der Waals surface area contributed by atoms with Crippen LogP contribution < -0.4 is 9.47 Å². The number of benzene rings is 2. The molecule has 2 heteroatoms. The fourth-order valence-electron chi connectivity index (χ4n) is 3.14. The molecule has 2 nitrogen and oxygen atoms in total. The van der Waals surface area contributed by atoms with E-state index < -0.39 is 0 Å². The average Bonchev–Trinajstić information content (AvgIpc) is 3.18. The lowest BCUT2D eigenvalue weighted by Gasteiger charge is -2.04. The molecule has 104 valence electrons. The molecule has 1 fully saturated rings. The molecule has 0 bridgehead atoms. The minimum absolute atomic E-state index is 0.620. The minimum Gasteiger partial charge on any atom is -0.497 e. The molecular weight excluding hydrogens is 248 g/mol. The van der Waals surface area contributed by atoms with Gasteiger partial charge in [0.2, 0.25) is 0 Å². The van der Waals surface area contributed by atoms with E-state index in [0.717, 1.165) is 11.5 Å². The second kappa shape index (κ2) is 5.20. The Balaban J connectivity index is 1.78. The third kappa shape index (κ3) is 2.26. The van der Waals surface area contributed by atoms with Crippen LogP contribution in [0.4, 0.5) is 0 Å².